The van der Waals surface area contributed by atoms with E-state index in [9.17, 15) is 14.9 Å². The maximum Gasteiger partial charge on any atom is 0.355 e. The maximum absolute atomic E-state index is 11.7. The first-order valence-corrected chi connectivity index (χ1v) is 4.96. The van der Waals surface area contributed by atoms with E-state index in [1.807, 2.05) is 6.92 Å². The predicted molar refractivity (Wildman–Crippen MR) is 55.5 cm³/mol. The summed E-state index contributed by atoms with van der Waals surface area (Å²) in [4.78, 5) is 27.0. The van der Waals surface area contributed by atoms with E-state index in [1.54, 1.807) is 6.20 Å². The van der Waals surface area contributed by atoms with Gasteiger partial charge >= 0.3 is 11.2 Å². The molecule has 2 heterocycles. The van der Waals surface area contributed by atoms with Crippen LogP contribution in [0.5, 0.6) is 0 Å². The van der Waals surface area contributed by atoms with Crippen LogP contribution in [-0.4, -0.2) is 14.3 Å². The molecule has 0 radical (unpaired) electrons. The lowest BCUT2D eigenvalue weighted by molar-refractivity contribution is -0.387. The van der Waals surface area contributed by atoms with Crippen LogP contribution >= 0.6 is 11.3 Å². The Morgan fingerprint density at radius 1 is 1.53 bits per heavy atom. The van der Waals surface area contributed by atoms with Gasteiger partial charge in [-0.15, -0.1) is 11.3 Å². The molecule has 0 aliphatic carbocycles. The first-order chi connectivity index (χ1) is 7.00. The second kappa shape index (κ2) is 3.13. The van der Waals surface area contributed by atoms with Crippen LogP contribution in [0.3, 0.4) is 0 Å². The molecule has 2 rings (SSSR count). The predicted octanol–water partition coefficient (Wildman–Crippen LogP) is 1.28. The second-order valence-electron chi connectivity index (χ2n) is 3.10. The van der Waals surface area contributed by atoms with Crippen LogP contribution in [0.4, 0.5) is 5.69 Å². The molecule has 0 unspecified atom stereocenters. The van der Waals surface area contributed by atoms with Crippen LogP contribution in [0.25, 0.3) is 4.96 Å². The van der Waals surface area contributed by atoms with Crippen LogP contribution in [0.1, 0.15) is 10.6 Å². The Morgan fingerprint density at radius 2 is 2.20 bits per heavy atom. The van der Waals surface area contributed by atoms with Gasteiger partial charge < -0.3 is 0 Å². The van der Waals surface area contributed by atoms with Crippen LogP contribution in [-0.2, 0) is 0 Å². The molecule has 15 heavy (non-hydrogen) atoms. The molecule has 2 aromatic heterocycles. The summed E-state index contributed by atoms with van der Waals surface area (Å²) in [6, 6.07) is 0. The Labute approximate surface area is 88.0 Å². The Morgan fingerprint density at radius 3 is 2.80 bits per heavy atom. The number of aryl methyl sites for hydroxylation is 2. The van der Waals surface area contributed by atoms with Gasteiger partial charge in [-0.3, -0.25) is 19.3 Å². The van der Waals surface area contributed by atoms with Crippen molar-refractivity contribution in [1.82, 2.24) is 9.38 Å². The lowest BCUT2D eigenvalue weighted by Crippen LogP contribution is -2.18. The summed E-state index contributed by atoms with van der Waals surface area (Å²) in [5.41, 5.74) is -0.913. The van der Waals surface area contributed by atoms with Crippen molar-refractivity contribution in [1.29, 1.82) is 0 Å². The van der Waals surface area contributed by atoms with E-state index < -0.39 is 16.2 Å². The smallest absolute Gasteiger partial charge is 0.261 e. The molecule has 0 spiro atoms. The van der Waals surface area contributed by atoms with Gasteiger partial charge in [0, 0.05) is 11.1 Å². The molecule has 0 saturated carbocycles. The number of rotatable bonds is 1. The Hall–Kier alpha value is -1.76. The third-order valence-corrected chi connectivity index (χ3v) is 2.88. The van der Waals surface area contributed by atoms with Crippen LogP contribution < -0.4 is 5.56 Å². The molecular formula is C8H7N3O3S. The highest BCUT2D eigenvalue weighted by Gasteiger charge is 2.20. The zero-order valence-corrected chi connectivity index (χ0v) is 8.87. The zero-order valence-electron chi connectivity index (χ0n) is 8.05. The van der Waals surface area contributed by atoms with E-state index >= 15 is 0 Å². The molecule has 7 heteroatoms. The van der Waals surface area contributed by atoms with Crippen molar-refractivity contribution in [2.24, 2.45) is 0 Å². The monoisotopic (exact) mass is 225 g/mol. The minimum absolute atomic E-state index is 0.159. The van der Waals surface area contributed by atoms with Crippen molar-refractivity contribution in [2.75, 3.05) is 0 Å². The van der Waals surface area contributed by atoms with Crippen molar-refractivity contribution in [2.45, 2.75) is 13.8 Å². The SMILES string of the molecule is Cc1cn2c(=O)c([N+](=O)[O-])c(C)nc2s1. The Balaban J connectivity index is 2.96. The Bertz CT molecular complexity index is 613. The number of hydrogen-bond donors (Lipinski definition) is 0. The summed E-state index contributed by atoms with van der Waals surface area (Å²) in [5, 5.41) is 10.6. The quantitative estimate of drug-likeness (QED) is 0.541. The molecule has 6 nitrogen and oxygen atoms in total. The van der Waals surface area contributed by atoms with Gasteiger partial charge in [-0.25, -0.2) is 4.98 Å². The number of thiazole rings is 1. The van der Waals surface area contributed by atoms with Crippen molar-refractivity contribution < 1.29 is 4.92 Å². The third-order valence-electron chi connectivity index (χ3n) is 1.98. The van der Waals surface area contributed by atoms with E-state index in [-0.39, 0.29) is 5.69 Å². The number of fused-ring (bicyclic) bond motifs is 1. The normalized spacial score (nSPS) is 10.8. The molecule has 0 aliphatic rings. The summed E-state index contributed by atoms with van der Waals surface area (Å²) in [6.45, 7) is 3.29. The summed E-state index contributed by atoms with van der Waals surface area (Å²) >= 11 is 1.33. The van der Waals surface area contributed by atoms with Gasteiger partial charge in [0.2, 0.25) is 0 Å². The number of nitrogens with zero attached hydrogens (tertiary/aromatic N) is 3. The lowest BCUT2D eigenvalue weighted by atomic mass is 10.4. The second-order valence-corrected chi connectivity index (χ2v) is 4.32. The van der Waals surface area contributed by atoms with E-state index in [2.05, 4.69) is 4.98 Å². The minimum atomic E-state index is -0.690. The fourth-order valence-electron chi connectivity index (χ4n) is 1.35. The first-order valence-electron chi connectivity index (χ1n) is 4.14. The van der Waals surface area contributed by atoms with E-state index in [0.717, 1.165) is 4.88 Å². The number of nitro groups is 1. The number of aromatic nitrogens is 2. The van der Waals surface area contributed by atoms with Gasteiger partial charge in [-0.1, -0.05) is 0 Å². The minimum Gasteiger partial charge on any atom is -0.261 e. The van der Waals surface area contributed by atoms with Crippen molar-refractivity contribution in [3.05, 3.63) is 37.2 Å². The summed E-state index contributed by atoms with van der Waals surface area (Å²) in [6.07, 6.45) is 1.56. The fraction of sp³-hybridized carbons (Fsp3) is 0.250. The Kier molecular flexibility index (Phi) is 2.04. The molecule has 0 aromatic carbocycles. The molecule has 78 valence electrons. The van der Waals surface area contributed by atoms with E-state index in [0.29, 0.717) is 4.96 Å². The lowest BCUT2D eigenvalue weighted by Gasteiger charge is -1.96. The molecule has 0 atom stereocenters. The molecule has 0 N–H and O–H groups in total. The summed E-state index contributed by atoms with van der Waals surface area (Å²) in [5.74, 6) is 0. The highest BCUT2D eigenvalue weighted by Crippen LogP contribution is 2.17. The average molecular weight is 225 g/mol. The topological polar surface area (TPSA) is 77.5 Å². The third kappa shape index (κ3) is 1.40. The first kappa shape index (κ1) is 9.78. The summed E-state index contributed by atoms with van der Waals surface area (Å²) < 4.78 is 1.21. The standard InChI is InChI=1S/C8H7N3O3S/c1-4-3-10-7(12)6(11(13)14)5(2)9-8(10)15-4/h3H,1-2H3. The van der Waals surface area contributed by atoms with Crippen molar-refractivity contribution >= 4 is 22.0 Å². The van der Waals surface area contributed by atoms with E-state index in [4.69, 9.17) is 0 Å². The molecule has 0 amide bonds. The van der Waals surface area contributed by atoms with Crippen LogP contribution in [0.15, 0.2) is 11.0 Å². The largest absolute Gasteiger partial charge is 0.355 e. The highest BCUT2D eigenvalue weighted by molar-refractivity contribution is 7.16. The number of hydrogen-bond acceptors (Lipinski definition) is 5. The van der Waals surface area contributed by atoms with Crippen LogP contribution in [0, 0.1) is 24.0 Å². The van der Waals surface area contributed by atoms with Gasteiger partial charge in [0.1, 0.15) is 5.69 Å². The van der Waals surface area contributed by atoms with Gasteiger partial charge in [0.15, 0.2) is 4.96 Å². The van der Waals surface area contributed by atoms with Gasteiger partial charge in [0.05, 0.1) is 4.92 Å². The molecule has 0 bridgehead atoms. The van der Waals surface area contributed by atoms with Gasteiger partial charge in [-0.2, -0.15) is 0 Å². The average Bonchev–Trinajstić information content (AvgIpc) is 2.45. The van der Waals surface area contributed by atoms with Gasteiger partial charge in [0.25, 0.3) is 0 Å². The van der Waals surface area contributed by atoms with Crippen molar-refractivity contribution in [3.63, 3.8) is 0 Å². The summed E-state index contributed by atoms with van der Waals surface area (Å²) in [7, 11) is 0. The molecular weight excluding hydrogens is 218 g/mol. The van der Waals surface area contributed by atoms with E-state index in [1.165, 1.54) is 22.7 Å². The zero-order chi connectivity index (χ0) is 11.2. The molecule has 2 aromatic rings. The van der Waals surface area contributed by atoms with Gasteiger partial charge in [-0.05, 0) is 13.8 Å². The fourth-order valence-corrected chi connectivity index (χ4v) is 2.22. The maximum atomic E-state index is 11.7. The highest BCUT2D eigenvalue weighted by atomic mass is 32.1. The van der Waals surface area contributed by atoms with Crippen molar-refractivity contribution in [3.8, 4) is 0 Å². The van der Waals surface area contributed by atoms with Crippen LogP contribution in [0.2, 0.25) is 0 Å². The molecule has 0 aliphatic heterocycles. The molecule has 0 saturated heterocycles. The molecule has 0 fully saturated rings.